The molecule has 0 aliphatic rings. The van der Waals surface area contributed by atoms with Crippen LogP contribution in [-0.4, -0.2) is 32.7 Å². The number of aromatic nitrogens is 3. The zero-order valence-corrected chi connectivity index (χ0v) is 15.8. The van der Waals surface area contributed by atoms with Gasteiger partial charge in [0.1, 0.15) is 11.6 Å². The van der Waals surface area contributed by atoms with Crippen molar-refractivity contribution in [2.24, 2.45) is 0 Å². The number of benzene rings is 2. The van der Waals surface area contributed by atoms with Crippen LogP contribution in [0.5, 0.6) is 0 Å². The van der Waals surface area contributed by atoms with Gasteiger partial charge in [-0.05, 0) is 23.3 Å². The van der Waals surface area contributed by atoms with Gasteiger partial charge in [0, 0.05) is 11.6 Å². The van der Waals surface area contributed by atoms with Gasteiger partial charge in [0.25, 0.3) is 11.5 Å². The van der Waals surface area contributed by atoms with Gasteiger partial charge in [-0.2, -0.15) is 18.3 Å². The Bertz CT molecular complexity index is 1310. The summed E-state index contributed by atoms with van der Waals surface area (Å²) in [6.45, 7) is 1.32. The highest BCUT2D eigenvalue weighted by atomic mass is 19.4. The van der Waals surface area contributed by atoms with Crippen LogP contribution in [-0.2, 0) is 0 Å². The molecule has 2 heterocycles. The number of hydrogen-bond donors (Lipinski definition) is 2. The van der Waals surface area contributed by atoms with Crippen LogP contribution in [0.1, 0.15) is 23.8 Å². The van der Waals surface area contributed by atoms with Crippen molar-refractivity contribution in [2.75, 3.05) is 0 Å². The smallest absolute Gasteiger partial charge is 0.339 e. The van der Waals surface area contributed by atoms with Crippen LogP contribution in [0.2, 0.25) is 0 Å². The van der Waals surface area contributed by atoms with E-state index >= 15 is 0 Å². The fourth-order valence-electron chi connectivity index (χ4n) is 3.27. The average Bonchev–Trinajstić information content (AvgIpc) is 3.15. The number of carbonyl (C=O) groups excluding carboxylic acids is 1. The topological polar surface area (TPSA) is 79.3 Å². The molecule has 0 aliphatic heterocycles. The summed E-state index contributed by atoms with van der Waals surface area (Å²) < 4.78 is 40.0. The molecule has 0 radical (unpaired) electrons. The van der Waals surface area contributed by atoms with E-state index in [1.807, 2.05) is 47.8 Å². The number of carbonyl (C=O) groups is 1. The summed E-state index contributed by atoms with van der Waals surface area (Å²) in [5.74, 6) is -0.991. The van der Waals surface area contributed by atoms with Crippen molar-refractivity contribution in [3.63, 3.8) is 0 Å². The van der Waals surface area contributed by atoms with E-state index in [0.29, 0.717) is 5.69 Å². The summed E-state index contributed by atoms with van der Waals surface area (Å²) in [7, 11) is 0. The number of hydrogen-bond acceptors (Lipinski definition) is 3. The lowest BCUT2D eigenvalue weighted by molar-refractivity contribution is -0.153. The maximum Gasteiger partial charge on any atom is 0.408 e. The summed E-state index contributed by atoms with van der Waals surface area (Å²) in [6, 6.07) is 12.6. The molecule has 2 N–H and O–H groups in total. The zero-order valence-electron chi connectivity index (χ0n) is 15.8. The van der Waals surface area contributed by atoms with E-state index in [0.717, 1.165) is 16.3 Å². The predicted molar refractivity (Wildman–Crippen MR) is 106 cm³/mol. The van der Waals surface area contributed by atoms with Gasteiger partial charge >= 0.3 is 6.18 Å². The second-order valence-corrected chi connectivity index (χ2v) is 6.89. The van der Waals surface area contributed by atoms with Crippen LogP contribution < -0.4 is 10.9 Å². The number of nitrogens with one attached hydrogen (secondary N) is 2. The minimum Gasteiger partial charge on any atom is -0.339 e. The molecule has 4 aromatic rings. The Morgan fingerprint density at radius 1 is 1.17 bits per heavy atom. The number of rotatable bonds is 4. The molecule has 1 atom stereocenters. The highest BCUT2D eigenvalue weighted by Gasteiger charge is 2.39. The van der Waals surface area contributed by atoms with Crippen LogP contribution in [0.15, 0.2) is 59.5 Å². The summed E-state index contributed by atoms with van der Waals surface area (Å²) in [6.07, 6.45) is -3.35. The number of amides is 1. The molecule has 1 unspecified atom stereocenters. The van der Waals surface area contributed by atoms with E-state index in [9.17, 15) is 22.8 Å². The Morgan fingerprint density at radius 3 is 2.60 bits per heavy atom. The molecule has 0 fully saturated rings. The van der Waals surface area contributed by atoms with Gasteiger partial charge in [-0.3, -0.25) is 9.59 Å². The summed E-state index contributed by atoms with van der Waals surface area (Å²) in [4.78, 5) is 27.5. The molecule has 0 spiro atoms. The van der Waals surface area contributed by atoms with Crippen molar-refractivity contribution in [1.29, 1.82) is 0 Å². The van der Waals surface area contributed by atoms with E-state index in [1.165, 1.54) is 23.7 Å². The molecule has 2 aromatic carbocycles. The average molecular weight is 414 g/mol. The summed E-state index contributed by atoms with van der Waals surface area (Å²) in [5.41, 5.74) is 0.492. The number of halogens is 3. The lowest BCUT2D eigenvalue weighted by Crippen LogP contribution is -2.45. The second-order valence-electron chi connectivity index (χ2n) is 6.89. The number of H-pyrrole nitrogens is 1. The van der Waals surface area contributed by atoms with Gasteiger partial charge in [-0.1, -0.05) is 43.3 Å². The van der Waals surface area contributed by atoms with Crippen LogP contribution in [0.4, 0.5) is 13.2 Å². The van der Waals surface area contributed by atoms with Crippen molar-refractivity contribution in [3.8, 4) is 11.3 Å². The highest BCUT2D eigenvalue weighted by Crippen LogP contribution is 2.24. The molecule has 30 heavy (non-hydrogen) atoms. The van der Waals surface area contributed by atoms with E-state index in [1.54, 1.807) is 0 Å². The lowest BCUT2D eigenvalue weighted by Gasteiger charge is -2.19. The van der Waals surface area contributed by atoms with Gasteiger partial charge in [0.05, 0.1) is 11.9 Å². The molecule has 2 aromatic heterocycles. The zero-order chi connectivity index (χ0) is 21.5. The normalized spacial score (nSPS) is 12.9. The number of fused-ring (bicyclic) bond motifs is 2. The molecule has 9 heteroatoms. The van der Waals surface area contributed by atoms with E-state index < -0.39 is 23.7 Å². The fraction of sp³-hybridized carbons (Fsp3) is 0.190. The molecular formula is C21H17F3N4O2. The Kier molecular flexibility index (Phi) is 4.81. The van der Waals surface area contributed by atoms with Crippen molar-refractivity contribution in [2.45, 2.75) is 25.6 Å². The van der Waals surface area contributed by atoms with E-state index in [4.69, 9.17) is 0 Å². The fourth-order valence-corrected chi connectivity index (χ4v) is 3.27. The van der Waals surface area contributed by atoms with Gasteiger partial charge < -0.3 is 10.3 Å². The van der Waals surface area contributed by atoms with Crippen LogP contribution in [0, 0.1) is 0 Å². The monoisotopic (exact) mass is 414 g/mol. The Morgan fingerprint density at radius 2 is 1.90 bits per heavy atom. The molecular weight excluding hydrogens is 397 g/mol. The first-order valence-electron chi connectivity index (χ1n) is 9.25. The first-order valence-corrected chi connectivity index (χ1v) is 9.25. The molecule has 0 bridgehead atoms. The molecule has 0 saturated heterocycles. The number of aromatic amines is 1. The van der Waals surface area contributed by atoms with Crippen molar-refractivity contribution in [1.82, 2.24) is 19.9 Å². The summed E-state index contributed by atoms with van der Waals surface area (Å²) in [5, 5.41) is 7.95. The maximum atomic E-state index is 12.9. The van der Waals surface area contributed by atoms with Gasteiger partial charge in [-0.25, -0.2) is 4.52 Å². The third kappa shape index (κ3) is 3.66. The predicted octanol–water partition coefficient (Wildman–Crippen LogP) is 3.91. The largest absolute Gasteiger partial charge is 0.408 e. The van der Waals surface area contributed by atoms with Gasteiger partial charge in [-0.15, -0.1) is 0 Å². The van der Waals surface area contributed by atoms with Crippen molar-refractivity contribution in [3.05, 3.63) is 70.8 Å². The van der Waals surface area contributed by atoms with Crippen LogP contribution >= 0.6 is 0 Å². The molecule has 0 aliphatic carbocycles. The second kappa shape index (κ2) is 7.33. The minimum absolute atomic E-state index is 0.0600. The SMILES string of the molecule is CCC(NC(=O)c1cc2c(=O)[nH]c(-c3ccc4ccccc4c3)cn2n1)C(F)(F)F. The first kappa shape index (κ1) is 19.7. The molecule has 4 rings (SSSR count). The standard InChI is InChI=1S/C21H17F3N4O2/c1-2-18(21(22,23)24)26-19(29)15-10-17-20(30)25-16(11-28(17)27-15)14-8-7-12-5-3-4-6-13(12)9-14/h3-11,18H,2H2,1H3,(H,25,30)(H,26,29). The van der Waals surface area contributed by atoms with Crippen molar-refractivity contribution < 1.29 is 18.0 Å². The third-order valence-electron chi connectivity index (χ3n) is 4.87. The number of nitrogens with zero attached hydrogens (tertiary/aromatic N) is 2. The maximum absolute atomic E-state index is 12.9. The first-order chi connectivity index (χ1) is 14.3. The van der Waals surface area contributed by atoms with E-state index in [-0.39, 0.29) is 17.6 Å². The van der Waals surface area contributed by atoms with Crippen molar-refractivity contribution >= 4 is 22.2 Å². The molecule has 6 nitrogen and oxygen atoms in total. The van der Waals surface area contributed by atoms with Gasteiger partial charge in [0.2, 0.25) is 0 Å². The van der Waals surface area contributed by atoms with Crippen LogP contribution in [0.25, 0.3) is 27.5 Å². The van der Waals surface area contributed by atoms with Gasteiger partial charge in [0.15, 0.2) is 5.69 Å². The lowest BCUT2D eigenvalue weighted by atomic mass is 10.1. The minimum atomic E-state index is -4.57. The quantitative estimate of drug-likeness (QED) is 0.531. The molecule has 0 saturated carbocycles. The molecule has 1 amide bonds. The summed E-state index contributed by atoms with van der Waals surface area (Å²) >= 11 is 0. The Balaban J connectivity index is 1.70. The number of alkyl halides is 3. The third-order valence-corrected chi connectivity index (χ3v) is 4.87. The Labute approximate surface area is 168 Å². The van der Waals surface area contributed by atoms with Crippen LogP contribution in [0.3, 0.4) is 0 Å². The van der Waals surface area contributed by atoms with E-state index in [2.05, 4.69) is 10.1 Å². The molecule has 154 valence electrons. The Hall–Kier alpha value is -3.62. The highest BCUT2D eigenvalue weighted by molar-refractivity contribution is 5.94.